The molecule has 4 nitrogen and oxygen atoms in total. The van der Waals surface area contributed by atoms with Gasteiger partial charge < -0.3 is 5.32 Å². The minimum Gasteiger partial charge on any atom is -0.306 e. The molecule has 2 rings (SSSR count). The molecule has 18 heavy (non-hydrogen) atoms. The van der Waals surface area contributed by atoms with Gasteiger partial charge in [0.2, 0.25) is 0 Å². The monoisotopic (exact) mass is 301 g/mol. The fraction of sp³-hybridized carbons (Fsp3) is 0. The summed E-state index contributed by atoms with van der Waals surface area (Å²) in [6.07, 6.45) is 1.25. The predicted molar refractivity (Wildman–Crippen MR) is 71.5 cm³/mol. The molecule has 0 radical (unpaired) electrons. The molecule has 1 N–H and O–H groups in total. The highest BCUT2D eigenvalue weighted by Gasteiger charge is 2.09. The number of rotatable bonds is 2. The van der Waals surface area contributed by atoms with Crippen LogP contribution in [-0.2, 0) is 0 Å². The van der Waals surface area contributed by atoms with E-state index in [4.69, 9.17) is 34.8 Å². The number of hydrogen-bond acceptors (Lipinski definition) is 3. The van der Waals surface area contributed by atoms with Crippen LogP contribution in [0.1, 0.15) is 10.4 Å². The average Bonchev–Trinajstić information content (AvgIpc) is 2.27. The molecule has 1 heterocycles. The number of nitrogens with zero attached hydrogens (tertiary/aromatic N) is 2. The fourth-order valence-corrected chi connectivity index (χ4v) is 1.95. The maximum Gasteiger partial charge on any atom is 0.256 e. The van der Waals surface area contributed by atoms with Gasteiger partial charge in [-0.1, -0.05) is 34.8 Å². The van der Waals surface area contributed by atoms with Crippen molar-refractivity contribution in [2.24, 2.45) is 0 Å². The molecule has 0 saturated heterocycles. The largest absolute Gasteiger partial charge is 0.306 e. The maximum atomic E-state index is 11.9. The summed E-state index contributed by atoms with van der Waals surface area (Å²) >= 11 is 17.3. The van der Waals surface area contributed by atoms with Crippen LogP contribution in [0.2, 0.25) is 15.2 Å². The number of carbonyl (C=O) groups is 1. The Labute approximate surface area is 118 Å². The minimum absolute atomic E-state index is 0.240. The number of aromatic nitrogens is 2. The molecule has 1 amide bonds. The van der Waals surface area contributed by atoms with E-state index in [0.717, 1.165) is 0 Å². The van der Waals surface area contributed by atoms with Gasteiger partial charge in [0, 0.05) is 21.7 Å². The summed E-state index contributed by atoms with van der Waals surface area (Å²) in [6, 6.07) is 5.99. The molecular weight excluding hydrogens is 296 g/mol. The lowest BCUT2D eigenvalue weighted by atomic mass is 10.2. The second-order valence-corrected chi connectivity index (χ2v) is 4.60. The Balaban J connectivity index is 2.22. The second kappa shape index (κ2) is 5.52. The van der Waals surface area contributed by atoms with Crippen LogP contribution in [0, 0.1) is 0 Å². The molecule has 2 aromatic rings. The Hall–Kier alpha value is -1.36. The molecule has 0 fully saturated rings. The molecule has 0 aliphatic carbocycles. The third kappa shape index (κ3) is 3.32. The number of carbonyl (C=O) groups excluding carboxylic acids is 1. The normalized spacial score (nSPS) is 10.2. The van der Waals surface area contributed by atoms with Crippen molar-refractivity contribution in [3.8, 4) is 0 Å². The summed E-state index contributed by atoms with van der Waals surface area (Å²) in [7, 11) is 0. The Morgan fingerprint density at radius 1 is 1.00 bits per heavy atom. The van der Waals surface area contributed by atoms with Crippen LogP contribution in [0.3, 0.4) is 0 Å². The van der Waals surface area contributed by atoms with E-state index in [0.29, 0.717) is 21.4 Å². The molecule has 1 aromatic carbocycles. The number of benzene rings is 1. The lowest BCUT2D eigenvalue weighted by molar-refractivity contribution is 0.102. The van der Waals surface area contributed by atoms with Crippen molar-refractivity contribution in [2.75, 3.05) is 5.32 Å². The van der Waals surface area contributed by atoms with Crippen LogP contribution < -0.4 is 5.32 Å². The van der Waals surface area contributed by atoms with Gasteiger partial charge in [-0.15, -0.1) is 0 Å². The van der Waals surface area contributed by atoms with Gasteiger partial charge in [0.1, 0.15) is 17.3 Å². The van der Waals surface area contributed by atoms with Crippen molar-refractivity contribution in [3.63, 3.8) is 0 Å². The van der Waals surface area contributed by atoms with Gasteiger partial charge in [0.15, 0.2) is 0 Å². The first-order valence-electron chi connectivity index (χ1n) is 4.79. The molecule has 0 bridgehead atoms. The number of amides is 1. The van der Waals surface area contributed by atoms with Crippen molar-refractivity contribution in [2.45, 2.75) is 0 Å². The summed E-state index contributed by atoms with van der Waals surface area (Å²) in [6.45, 7) is 0. The molecule has 0 unspecified atom stereocenters. The van der Waals surface area contributed by atoms with E-state index in [2.05, 4.69) is 15.3 Å². The fourth-order valence-electron chi connectivity index (χ4n) is 1.28. The van der Waals surface area contributed by atoms with Gasteiger partial charge in [-0.05, 0) is 18.2 Å². The van der Waals surface area contributed by atoms with Gasteiger partial charge in [-0.3, -0.25) is 4.79 Å². The van der Waals surface area contributed by atoms with E-state index >= 15 is 0 Å². The van der Waals surface area contributed by atoms with E-state index in [-0.39, 0.29) is 11.1 Å². The minimum atomic E-state index is -0.380. The third-order valence-electron chi connectivity index (χ3n) is 2.00. The Bertz CT molecular complexity index is 584. The van der Waals surface area contributed by atoms with Crippen molar-refractivity contribution >= 4 is 46.5 Å². The number of halogens is 3. The zero-order valence-electron chi connectivity index (χ0n) is 8.82. The number of nitrogens with one attached hydrogen (secondary N) is 1. The first-order valence-corrected chi connectivity index (χ1v) is 5.93. The molecule has 0 aliphatic rings. The van der Waals surface area contributed by atoms with Crippen molar-refractivity contribution in [3.05, 3.63) is 51.4 Å². The molecule has 7 heteroatoms. The Morgan fingerprint density at radius 3 is 2.28 bits per heavy atom. The maximum absolute atomic E-state index is 11.9. The van der Waals surface area contributed by atoms with E-state index in [1.165, 1.54) is 24.5 Å². The highest BCUT2D eigenvalue weighted by molar-refractivity contribution is 6.35. The van der Waals surface area contributed by atoms with E-state index in [1.807, 2.05) is 0 Å². The molecule has 1 aromatic heterocycles. The SMILES string of the molecule is O=C(Nc1cc(Cl)ncn1)c1cc(Cl)cc(Cl)c1. The van der Waals surface area contributed by atoms with Crippen LogP contribution in [0.5, 0.6) is 0 Å². The van der Waals surface area contributed by atoms with E-state index in [9.17, 15) is 4.79 Å². The molecular formula is C11H6Cl3N3O. The summed E-state index contributed by atoms with van der Waals surface area (Å²) < 4.78 is 0. The molecule has 92 valence electrons. The summed E-state index contributed by atoms with van der Waals surface area (Å²) in [5.41, 5.74) is 0.335. The summed E-state index contributed by atoms with van der Waals surface area (Å²) in [4.78, 5) is 19.5. The highest BCUT2D eigenvalue weighted by atomic mass is 35.5. The van der Waals surface area contributed by atoms with Crippen LogP contribution in [0.4, 0.5) is 5.82 Å². The Kier molecular flexibility index (Phi) is 4.01. The highest BCUT2D eigenvalue weighted by Crippen LogP contribution is 2.20. The first kappa shape index (κ1) is 13.1. The predicted octanol–water partition coefficient (Wildman–Crippen LogP) is 3.69. The molecule has 0 saturated carbocycles. The van der Waals surface area contributed by atoms with Crippen LogP contribution >= 0.6 is 34.8 Å². The molecule has 0 atom stereocenters. The van der Waals surface area contributed by atoms with Gasteiger partial charge in [0.05, 0.1) is 0 Å². The quantitative estimate of drug-likeness (QED) is 0.861. The standard InChI is InChI=1S/C11H6Cl3N3O/c12-7-1-6(2-8(13)3-7)11(18)17-10-4-9(14)15-5-16-10/h1-5H,(H,15,16,17,18). The summed E-state index contributed by atoms with van der Waals surface area (Å²) in [5, 5.41) is 3.57. The zero-order chi connectivity index (χ0) is 13.1. The average molecular weight is 303 g/mol. The topological polar surface area (TPSA) is 54.9 Å². The van der Waals surface area contributed by atoms with Crippen LogP contribution in [0.25, 0.3) is 0 Å². The van der Waals surface area contributed by atoms with E-state index in [1.54, 1.807) is 6.07 Å². The van der Waals surface area contributed by atoms with Crippen LogP contribution in [-0.4, -0.2) is 15.9 Å². The first-order chi connectivity index (χ1) is 8.54. The van der Waals surface area contributed by atoms with Crippen molar-refractivity contribution in [1.29, 1.82) is 0 Å². The number of anilines is 1. The third-order valence-corrected chi connectivity index (χ3v) is 2.64. The van der Waals surface area contributed by atoms with Crippen molar-refractivity contribution < 1.29 is 4.79 Å². The van der Waals surface area contributed by atoms with Gasteiger partial charge in [-0.25, -0.2) is 9.97 Å². The lowest BCUT2D eigenvalue weighted by Gasteiger charge is -2.05. The zero-order valence-corrected chi connectivity index (χ0v) is 11.1. The Morgan fingerprint density at radius 2 is 1.67 bits per heavy atom. The van der Waals surface area contributed by atoms with Gasteiger partial charge >= 0.3 is 0 Å². The van der Waals surface area contributed by atoms with Gasteiger partial charge in [0.25, 0.3) is 5.91 Å². The van der Waals surface area contributed by atoms with E-state index < -0.39 is 0 Å². The molecule has 0 aliphatic heterocycles. The summed E-state index contributed by atoms with van der Waals surface area (Å²) in [5.74, 6) is -0.0785. The second-order valence-electron chi connectivity index (χ2n) is 3.34. The smallest absolute Gasteiger partial charge is 0.256 e. The van der Waals surface area contributed by atoms with Crippen molar-refractivity contribution in [1.82, 2.24) is 9.97 Å². The number of hydrogen-bond donors (Lipinski definition) is 1. The van der Waals surface area contributed by atoms with Crippen LogP contribution in [0.15, 0.2) is 30.6 Å². The lowest BCUT2D eigenvalue weighted by Crippen LogP contribution is -2.13. The molecule has 0 spiro atoms. The van der Waals surface area contributed by atoms with Gasteiger partial charge in [-0.2, -0.15) is 0 Å².